The number of carbonyl (C=O) groups excluding carboxylic acids is 1. The fraction of sp³-hybridized carbons (Fsp3) is 0.250. The number of allylic oxidation sites excluding steroid dienone is 1. The molecule has 82 valence electrons. The Balaban J connectivity index is 2.39. The third-order valence-corrected chi connectivity index (χ3v) is 3.31. The molecule has 0 fully saturated rings. The summed E-state index contributed by atoms with van der Waals surface area (Å²) in [5.74, 6) is 0. The molecule has 1 aliphatic rings. The number of aldehydes is 1. The molecule has 16 heavy (non-hydrogen) atoms. The van der Waals surface area contributed by atoms with Crippen molar-refractivity contribution in [2.75, 3.05) is 0 Å². The van der Waals surface area contributed by atoms with E-state index in [4.69, 9.17) is 11.6 Å². The lowest BCUT2D eigenvalue weighted by Crippen LogP contribution is -2.31. The van der Waals surface area contributed by atoms with Gasteiger partial charge in [-0.15, -0.1) is 11.6 Å². The number of halogens is 1. The van der Waals surface area contributed by atoms with Gasteiger partial charge in [0.1, 0.15) is 11.2 Å². The van der Waals surface area contributed by atoms with Crippen LogP contribution < -0.4 is 0 Å². The first-order chi connectivity index (χ1) is 7.66. The maximum atomic E-state index is 10.5. The second kappa shape index (κ2) is 4.18. The molecule has 1 aromatic rings. The molecule has 0 radical (unpaired) electrons. The van der Waals surface area contributed by atoms with E-state index in [0.29, 0.717) is 12.0 Å². The Kier molecular flexibility index (Phi) is 2.88. The van der Waals surface area contributed by atoms with Crippen LogP contribution in [0.3, 0.4) is 0 Å². The lowest BCUT2D eigenvalue weighted by Gasteiger charge is -2.30. The molecule has 2 unspecified atom stereocenters. The van der Waals surface area contributed by atoms with Gasteiger partial charge in [0.05, 0.1) is 5.38 Å². The van der Waals surface area contributed by atoms with Crippen LogP contribution in [0.15, 0.2) is 35.5 Å². The van der Waals surface area contributed by atoms with Gasteiger partial charge in [-0.3, -0.25) is 14.8 Å². The molecule has 0 N–H and O–H groups in total. The first-order valence-electron chi connectivity index (χ1n) is 4.94. The number of hydrogen-bond acceptors (Lipinski definition) is 3. The molecule has 0 saturated carbocycles. The van der Waals surface area contributed by atoms with Gasteiger partial charge in [-0.05, 0) is 24.6 Å². The van der Waals surface area contributed by atoms with E-state index in [0.717, 1.165) is 5.56 Å². The van der Waals surface area contributed by atoms with Crippen LogP contribution in [0.1, 0.15) is 23.0 Å². The normalized spacial score (nSPS) is 28.0. The molecule has 3 nitrogen and oxygen atoms in total. The molecule has 2 rings (SSSR count). The van der Waals surface area contributed by atoms with Gasteiger partial charge < -0.3 is 0 Å². The quantitative estimate of drug-likeness (QED) is 0.582. The van der Waals surface area contributed by atoms with Gasteiger partial charge in [-0.25, -0.2) is 0 Å². The molecule has 1 aliphatic heterocycles. The van der Waals surface area contributed by atoms with Gasteiger partial charge >= 0.3 is 0 Å². The standard InChI is InChI=1S/C12H11ClN2O/c1-12(11(13)3-2-6-15-12)9-4-5-10(8-16)14-7-9/h2-8,11H,1H3. The van der Waals surface area contributed by atoms with Crippen molar-refractivity contribution in [3.8, 4) is 0 Å². The number of hydrogen-bond donors (Lipinski definition) is 0. The molecule has 0 bridgehead atoms. The zero-order chi connectivity index (χ0) is 11.6. The molecule has 0 aliphatic carbocycles. The van der Waals surface area contributed by atoms with E-state index in [1.165, 1.54) is 0 Å². The molecule has 0 saturated heterocycles. The topological polar surface area (TPSA) is 42.3 Å². The minimum Gasteiger partial charge on any atom is -0.296 e. The summed E-state index contributed by atoms with van der Waals surface area (Å²) >= 11 is 6.23. The summed E-state index contributed by atoms with van der Waals surface area (Å²) in [5, 5.41) is -0.207. The van der Waals surface area contributed by atoms with Crippen LogP contribution in [-0.2, 0) is 5.54 Å². The lowest BCUT2D eigenvalue weighted by molar-refractivity contribution is 0.111. The third-order valence-electron chi connectivity index (χ3n) is 2.74. The first-order valence-corrected chi connectivity index (χ1v) is 5.38. The third kappa shape index (κ3) is 1.78. The van der Waals surface area contributed by atoms with Crippen LogP contribution in [0.2, 0.25) is 0 Å². The van der Waals surface area contributed by atoms with Crippen molar-refractivity contribution in [3.05, 3.63) is 41.7 Å². The molecule has 0 aromatic carbocycles. The van der Waals surface area contributed by atoms with Gasteiger partial charge in [0, 0.05) is 12.4 Å². The van der Waals surface area contributed by atoms with Crippen molar-refractivity contribution in [2.45, 2.75) is 17.8 Å². The highest BCUT2D eigenvalue weighted by molar-refractivity contribution is 6.23. The summed E-state index contributed by atoms with van der Waals surface area (Å²) in [6.07, 6.45) is 7.81. The van der Waals surface area contributed by atoms with Gasteiger partial charge in [0.15, 0.2) is 6.29 Å². The highest BCUT2D eigenvalue weighted by atomic mass is 35.5. The lowest BCUT2D eigenvalue weighted by atomic mass is 9.88. The molecular formula is C12H11ClN2O. The van der Waals surface area contributed by atoms with E-state index < -0.39 is 5.54 Å². The Morgan fingerprint density at radius 2 is 2.31 bits per heavy atom. The number of nitrogens with zero attached hydrogens (tertiary/aromatic N) is 2. The average Bonchev–Trinajstić information content (AvgIpc) is 2.33. The van der Waals surface area contributed by atoms with Crippen molar-refractivity contribution >= 4 is 24.1 Å². The predicted octanol–water partition coefficient (Wildman–Crippen LogP) is 2.36. The Labute approximate surface area is 98.9 Å². The molecule has 1 aromatic heterocycles. The largest absolute Gasteiger partial charge is 0.296 e. The number of dihydropyridines is 1. The predicted molar refractivity (Wildman–Crippen MR) is 64.2 cm³/mol. The van der Waals surface area contributed by atoms with Gasteiger partial charge in [-0.2, -0.15) is 0 Å². The summed E-state index contributed by atoms with van der Waals surface area (Å²) in [5.41, 5.74) is 0.803. The van der Waals surface area contributed by atoms with E-state index >= 15 is 0 Å². The minimum atomic E-state index is -0.509. The first kappa shape index (κ1) is 11.0. The van der Waals surface area contributed by atoms with Crippen molar-refractivity contribution < 1.29 is 4.79 Å². The molecule has 2 atom stereocenters. The number of pyridine rings is 1. The SMILES string of the molecule is CC1(c2ccc(C=O)nc2)N=CC=CC1Cl. The maximum Gasteiger partial charge on any atom is 0.168 e. The van der Waals surface area contributed by atoms with Crippen molar-refractivity contribution in [1.29, 1.82) is 0 Å². The van der Waals surface area contributed by atoms with E-state index in [-0.39, 0.29) is 5.38 Å². The summed E-state index contributed by atoms with van der Waals surface area (Å²) in [7, 11) is 0. The fourth-order valence-electron chi connectivity index (χ4n) is 1.61. The maximum absolute atomic E-state index is 10.5. The van der Waals surface area contributed by atoms with Gasteiger partial charge in [0.25, 0.3) is 0 Å². The Morgan fingerprint density at radius 1 is 1.50 bits per heavy atom. The van der Waals surface area contributed by atoms with Crippen LogP contribution >= 0.6 is 11.6 Å². The van der Waals surface area contributed by atoms with Crippen LogP contribution in [0.5, 0.6) is 0 Å². The average molecular weight is 235 g/mol. The number of carbonyl (C=O) groups is 1. The number of rotatable bonds is 2. The zero-order valence-electron chi connectivity index (χ0n) is 8.80. The monoisotopic (exact) mass is 234 g/mol. The van der Waals surface area contributed by atoms with Crippen LogP contribution in [0, 0.1) is 0 Å². The second-order valence-corrected chi connectivity index (χ2v) is 4.27. The zero-order valence-corrected chi connectivity index (χ0v) is 9.56. The second-order valence-electron chi connectivity index (χ2n) is 3.80. The highest BCUT2D eigenvalue weighted by Crippen LogP contribution is 2.34. The minimum absolute atomic E-state index is 0.207. The highest BCUT2D eigenvalue weighted by Gasteiger charge is 2.33. The molecular weight excluding hydrogens is 224 g/mol. The van der Waals surface area contributed by atoms with E-state index in [1.54, 1.807) is 18.5 Å². The van der Waals surface area contributed by atoms with Crippen LogP contribution in [0.4, 0.5) is 0 Å². The summed E-state index contributed by atoms with van der Waals surface area (Å²) < 4.78 is 0. The number of aliphatic imine (C=N–C) groups is 1. The molecule has 2 heterocycles. The molecule has 4 heteroatoms. The van der Waals surface area contributed by atoms with Crippen LogP contribution in [-0.4, -0.2) is 22.9 Å². The van der Waals surface area contributed by atoms with Gasteiger partial charge in [-0.1, -0.05) is 12.1 Å². The molecule has 0 amide bonds. The van der Waals surface area contributed by atoms with Crippen molar-refractivity contribution in [3.63, 3.8) is 0 Å². The van der Waals surface area contributed by atoms with Crippen LogP contribution in [0.25, 0.3) is 0 Å². The fourth-order valence-corrected chi connectivity index (χ4v) is 1.88. The van der Waals surface area contributed by atoms with E-state index in [9.17, 15) is 4.79 Å². The smallest absolute Gasteiger partial charge is 0.168 e. The Hall–Kier alpha value is -1.48. The summed E-state index contributed by atoms with van der Waals surface area (Å²) in [6.45, 7) is 1.95. The van der Waals surface area contributed by atoms with E-state index in [1.807, 2.05) is 25.1 Å². The van der Waals surface area contributed by atoms with Crippen molar-refractivity contribution in [1.82, 2.24) is 4.98 Å². The Morgan fingerprint density at radius 3 is 2.88 bits per heavy atom. The Bertz CT molecular complexity index is 453. The summed E-state index contributed by atoms with van der Waals surface area (Å²) in [4.78, 5) is 18.9. The van der Waals surface area contributed by atoms with Crippen molar-refractivity contribution in [2.24, 2.45) is 4.99 Å². The number of aromatic nitrogens is 1. The number of alkyl halides is 1. The molecule has 0 spiro atoms. The summed E-state index contributed by atoms with van der Waals surface area (Å²) in [6, 6.07) is 3.51. The van der Waals surface area contributed by atoms with Gasteiger partial charge in [0.2, 0.25) is 0 Å². The van der Waals surface area contributed by atoms with E-state index in [2.05, 4.69) is 9.98 Å².